The molecule has 0 atom stereocenters. The third-order valence-electron chi connectivity index (χ3n) is 3.06. The Hall–Kier alpha value is -1.91. The summed E-state index contributed by atoms with van der Waals surface area (Å²) in [5, 5.41) is 9.04. The number of carboxylic acids is 1. The Balaban J connectivity index is 2.59. The first-order valence-corrected chi connectivity index (χ1v) is 5.75. The van der Waals surface area contributed by atoms with Crippen LogP contribution in [0.4, 0.5) is 0 Å². The summed E-state index contributed by atoms with van der Waals surface area (Å²) in [4.78, 5) is 28.3. The van der Waals surface area contributed by atoms with E-state index in [-0.39, 0.29) is 12.3 Å². The molecule has 18 heavy (non-hydrogen) atoms. The van der Waals surface area contributed by atoms with E-state index in [2.05, 4.69) is 4.98 Å². The van der Waals surface area contributed by atoms with Crippen molar-refractivity contribution < 1.29 is 14.7 Å². The van der Waals surface area contributed by atoms with Crippen LogP contribution in [-0.2, 0) is 16.0 Å². The summed E-state index contributed by atoms with van der Waals surface area (Å²) in [5.74, 6) is -1.22. The van der Waals surface area contributed by atoms with E-state index in [1.807, 2.05) is 18.2 Å². The zero-order valence-corrected chi connectivity index (χ0v) is 10.9. The summed E-state index contributed by atoms with van der Waals surface area (Å²) in [6.45, 7) is 3.02. The van der Waals surface area contributed by atoms with Crippen molar-refractivity contribution in [3.63, 3.8) is 0 Å². The van der Waals surface area contributed by atoms with Gasteiger partial charge < -0.3 is 10.0 Å². The van der Waals surface area contributed by atoms with Crippen molar-refractivity contribution in [2.75, 3.05) is 7.05 Å². The number of likely N-dealkylation sites (N-methyl/N-ethyl adjacent to an activating group) is 1. The first kappa shape index (κ1) is 14.2. The molecule has 0 spiro atoms. The van der Waals surface area contributed by atoms with Crippen LogP contribution >= 0.6 is 0 Å². The number of aliphatic carboxylic acids is 1. The van der Waals surface area contributed by atoms with Gasteiger partial charge in [-0.15, -0.1) is 0 Å². The van der Waals surface area contributed by atoms with Gasteiger partial charge in [-0.3, -0.25) is 9.78 Å². The van der Waals surface area contributed by atoms with Gasteiger partial charge in [-0.05, 0) is 32.4 Å². The lowest BCUT2D eigenvalue weighted by atomic mass is 10.0. The molecule has 0 aliphatic carbocycles. The van der Waals surface area contributed by atoms with Crippen molar-refractivity contribution in [2.45, 2.75) is 32.2 Å². The molecule has 0 unspecified atom stereocenters. The molecular formula is C13H18N2O3. The third kappa shape index (κ3) is 3.29. The van der Waals surface area contributed by atoms with E-state index in [1.165, 1.54) is 25.8 Å². The molecule has 0 aliphatic rings. The van der Waals surface area contributed by atoms with Crippen LogP contribution in [0.5, 0.6) is 0 Å². The highest BCUT2D eigenvalue weighted by molar-refractivity contribution is 5.86. The van der Waals surface area contributed by atoms with Gasteiger partial charge in [0.15, 0.2) is 0 Å². The first-order chi connectivity index (χ1) is 8.35. The van der Waals surface area contributed by atoms with E-state index in [0.717, 1.165) is 5.69 Å². The molecule has 0 aromatic carbocycles. The fourth-order valence-electron chi connectivity index (χ4n) is 1.40. The highest BCUT2D eigenvalue weighted by Crippen LogP contribution is 2.14. The van der Waals surface area contributed by atoms with Crippen molar-refractivity contribution in [3.05, 3.63) is 30.1 Å². The van der Waals surface area contributed by atoms with Crippen LogP contribution in [0, 0.1) is 0 Å². The van der Waals surface area contributed by atoms with Crippen molar-refractivity contribution in [2.24, 2.45) is 0 Å². The number of nitrogens with zero attached hydrogens (tertiary/aromatic N) is 2. The number of carboxylic acid groups (broad SMARTS) is 1. The van der Waals surface area contributed by atoms with E-state index in [0.29, 0.717) is 6.42 Å². The molecule has 0 radical (unpaired) electrons. The first-order valence-electron chi connectivity index (χ1n) is 5.75. The molecule has 1 aromatic heterocycles. The number of hydrogen-bond donors (Lipinski definition) is 1. The normalized spacial score (nSPS) is 11.1. The van der Waals surface area contributed by atoms with Crippen LogP contribution in [-0.4, -0.2) is 39.5 Å². The lowest BCUT2D eigenvalue weighted by molar-refractivity contribution is -0.155. The summed E-state index contributed by atoms with van der Waals surface area (Å²) in [5.41, 5.74) is -0.367. The number of hydrogen-bond acceptors (Lipinski definition) is 3. The molecule has 5 nitrogen and oxygen atoms in total. The van der Waals surface area contributed by atoms with Gasteiger partial charge in [0.1, 0.15) is 5.54 Å². The van der Waals surface area contributed by atoms with Crippen molar-refractivity contribution in [1.82, 2.24) is 9.88 Å². The zero-order chi connectivity index (χ0) is 13.8. The number of aromatic nitrogens is 1. The molecule has 0 fully saturated rings. The topological polar surface area (TPSA) is 70.5 Å². The maximum Gasteiger partial charge on any atom is 0.329 e. The lowest BCUT2D eigenvalue weighted by Gasteiger charge is -2.31. The number of aryl methyl sites for hydroxylation is 1. The van der Waals surface area contributed by atoms with Gasteiger partial charge >= 0.3 is 5.97 Å². The SMILES string of the molecule is CN(C(=O)CCc1ccccn1)C(C)(C)C(=O)O. The van der Waals surface area contributed by atoms with Crippen LogP contribution in [0.25, 0.3) is 0 Å². The number of carbonyl (C=O) groups is 2. The summed E-state index contributed by atoms with van der Waals surface area (Å²) in [6.07, 6.45) is 2.44. The smallest absolute Gasteiger partial charge is 0.329 e. The minimum Gasteiger partial charge on any atom is -0.480 e. The number of rotatable bonds is 5. The van der Waals surface area contributed by atoms with Gasteiger partial charge in [0.25, 0.3) is 0 Å². The number of pyridine rings is 1. The van der Waals surface area contributed by atoms with Crippen LogP contribution in [0.2, 0.25) is 0 Å². The van der Waals surface area contributed by atoms with Gasteiger partial charge in [-0.1, -0.05) is 6.07 Å². The maximum absolute atomic E-state index is 11.9. The predicted molar refractivity (Wildman–Crippen MR) is 67.0 cm³/mol. The number of amides is 1. The molecule has 1 rings (SSSR count). The van der Waals surface area contributed by atoms with Gasteiger partial charge in [-0.2, -0.15) is 0 Å². The Morgan fingerprint density at radius 1 is 1.39 bits per heavy atom. The Bertz CT molecular complexity index is 429. The van der Waals surface area contributed by atoms with E-state index in [1.54, 1.807) is 6.20 Å². The molecule has 5 heteroatoms. The Morgan fingerprint density at radius 3 is 2.56 bits per heavy atom. The molecule has 0 bridgehead atoms. The van der Waals surface area contributed by atoms with Gasteiger partial charge in [0, 0.05) is 25.4 Å². The van der Waals surface area contributed by atoms with E-state index < -0.39 is 11.5 Å². The molecule has 0 saturated carbocycles. The molecule has 0 aliphatic heterocycles. The minimum absolute atomic E-state index is 0.201. The second-order valence-corrected chi connectivity index (χ2v) is 4.64. The standard InChI is InChI=1S/C13H18N2O3/c1-13(2,12(17)18)15(3)11(16)8-7-10-6-4-5-9-14-10/h4-6,9H,7-8H2,1-3H3,(H,17,18). The van der Waals surface area contributed by atoms with Crippen molar-refractivity contribution in [3.8, 4) is 0 Å². The van der Waals surface area contributed by atoms with Crippen LogP contribution in [0.15, 0.2) is 24.4 Å². The molecule has 1 aromatic rings. The highest BCUT2D eigenvalue weighted by Gasteiger charge is 2.34. The highest BCUT2D eigenvalue weighted by atomic mass is 16.4. The fraction of sp³-hybridized carbons (Fsp3) is 0.462. The second kappa shape index (κ2) is 5.62. The maximum atomic E-state index is 11.9. The summed E-state index contributed by atoms with van der Waals surface area (Å²) >= 11 is 0. The minimum atomic E-state index is -1.19. The summed E-state index contributed by atoms with van der Waals surface area (Å²) in [6, 6.07) is 5.51. The average molecular weight is 250 g/mol. The van der Waals surface area contributed by atoms with Crippen molar-refractivity contribution >= 4 is 11.9 Å². The summed E-state index contributed by atoms with van der Waals surface area (Å²) in [7, 11) is 1.51. The fourth-order valence-corrected chi connectivity index (χ4v) is 1.40. The van der Waals surface area contributed by atoms with Gasteiger partial charge in [-0.25, -0.2) is 4.79 Å². The molecular weight excluding hydrogens is 232 g/mol. The lowest BCUT2D eigenvalue weighted by Crippen LogP contribution is -2.50. The van der Waals surface area contributed by atoms with Crippen molar-refractivity contribution in [1.29, 1.82) is 0 Å². The van der Waals surface area contributed by atoms with Gasteiger partial charge in [0.2, 0.25) is 5.91 Å². The second-order valence-electron chi connectivity index (χ2n) is 4.64. The predicted octanol–water partition coefficient (Wildman–Crippen LogP) is 1.34. The zero-order valence-electron chi connectivity index (χ0n) is 10.9. The molecule has 0 saturated heterocycles. The Labute approximate surface area is 106 Å². The molecule has 1 N–H and O–H groups in total. The average Bonchev–Trinajstić information content (AvgIpc) is 2.36. The van der Waals surface area contributed by atoms with Gasteiger partial charge in [0.05, 0.1) is 0 Å². The molecule has 1 heterocycles. The Morgan fingerprint density at radius 2 is 2.06 bits per heavy atom. The number of carbonyl (C=O) groups excluding carboxylic acids is 1. The third-order valence-corrected chi connectivity index (χ3v) is 3.06. The molecule has 98 valence electrons. The largest absolute Gasteiger partial charge is 0.480 e. The summed E-state index contributed by atoms with van der Waals surface area (Å²) < 4.78 is 0. The molecule has 1 amide bonds. The Kier molecular flexibility index (Phi) is 4.42. The van der Waals surface area contributed by atoms with Crippen LogP contribution in [0.3, 0.4) is 0 Å². The van der Waals surface area contributed by atoms with Crippen LogP contribution < -0.4 is 0 Å². The quantitative estimate of drug-likeness (QED) is 0.856. The monoisotopic (exact) mass is 250 g/mol. The van der Waals surface area contributed by atoms with E-state index in [9.17, 15) is 9.59 Å². The van der Waals surface area contributed by atoms with E-state index >= 15 is 0 Å². The van der Waals surface area contributed by atoms with E-state index in [4.69, 9.17) is 5.11 Å². The van der Waals surface area contributed by atoms with Crippen LogP contribution in [0.1, 0.15) is 26.0 Å².